The first-order chi connectivity index (χ1) is 6.04. The zero-order chi connectivity index (χ0) is 10.4. The Morgan fingerprint density at radius 2 is 2.15 bits per heavy atom. The van der Waals surface area contributed by atoms with E-state index in [-0.39, 0.29) is 17.7 Å². The van der Waals surface area contributed by atoms with Gasteiger partial charge in [-0.1, -0.05) is 19.8 Å². The van der Waals surface area contributed by atoms with Gasteiger partial charge in [0.2, 0.25) is 5.91 Å². The lowest BCUT2D eigenvalue weighted by Gasteiger charge is -2.23. The van der Waals surface area contributed by atoms with Crippen molar-refractivity contribution in [2.75, 3.05) is 20.1 Å². The molecular formula is C10H18N2O. The van der Waals surface area contributed by atoms with Crippen LogP contribution in [0.25, 0.3) is 0 Å². The first-order valence-electron chi connectivity index (χ1n) is 4.43. The standard InChI is InChI=1S/C10H18N2O/c1-5-6-12(4)10(13)9(7-11)8(2)3/h1,8-9H,6-7,11H2,2-4H3. The molecule has 1 unspecified atom stereocenters. The summed E-state index contributed by atoms with van der Waals surface area (Å²) in [6.45, 7) is 4.70. The fourth-order valence-electron chi connectivity index (χ4n) is 1.16. The quantitative estimate of drug-likeness (QED) is 0.636. The molecule has 0 aromatic rings. The summed E-state index contributed by atoms with van der Waals surface area (Å²) in [6.07, 6.45) is 5.11. The third-order valence-electron chi connectivity index (χ3n) is 2.08. The summed E-state index contributed by atoms with van der Waals surface area (Å²) >= 11 is 0. The number of nitrogens with zero attached hydrogens (tertiary/aromatic N) is 1. The van der Waals surface area contributed by atoms with Crippen molar-refractivity contribution in [2.24, 2.45) is 17.6 Å². The average Bonchev–Trinajstić information content (AvgIpc) is 2.05. The van der Waals surface area contributed by atoms with Gasteiger partial charge in [-0.3, -0.25) is 4.79 Å². The van der Waals surface area contributed by atoms with Crippen LogP contribution >= 0.6 is 0 Å². The highest BCUT2D eigenvalue weighted by Gasteiger charge is 2.22. The lowest BCUT2D eigenvalue weighted by atomic mass is 9.95. The van der Waals surface area contributed by atoms with Crippen LogP contribution in [0, 0.1) is 24.2 Å². The topological polar surface area (TPSA) is 46.3 Å². The zero-order valence-corrected chi connectivity index (χ0v) is 8.58. The Labute approximate surface area is 80.3 Å². The van der Waals surface area contributed by atoms with Gasteiger partial charge >= 0.3 is 0 Å². The Kier molecular flexibility index (Phi) is 5.17. The molecule has 0 aliphatic heterocycles. The number of rotatable bonds is 4. The number of amides is 1. The molecule has 0 fully saturated rings. The van der Waals surface area contributed by atoms with E-state index >= 15 is 0 Å². The molecular weight excluding hydrogens is 164 g/mol. The SMILES string of the molecule is C#CCN(C)C(=O)C(CN)C(C)C. The molecule has 0 rings (SSSR count). The monoisotopic (exact) mass is 182 g/mol. The Morgan fingerprint density at radius 3 is 2.46 bits per heavy atom. The number of carbonyl (C=O) groups is 1. The van der Waals surface area contributed by atoms with Crippen molar-refractivity contribution in [1.29, 1.82) is 0 Å². The molecule has 74 valence electrons. The summed E-state index contributed by atoms with van der Waals surface area (Å²) in [5.74, 6) is 2.62. The molecule has 0 spiro atoms. The molecule has 0 saturated heterocycles. The average molecular weight is 182 g/mol. The minimum atomic E-state index is -0.113. The third kappa shape index (κ3) is 3.47. The number of carbonyl (C=O) groups excluding carboxylic acids is 1. The first-order valence-corrected chi connectivity index (χ1v) is 4.43. The molecule has 1 amide bonds. The van der Waals surface area contributed by atoms with Crippen LogP contribution < -0.4 is 5.73 Å². The van der Waals surface area contributed by atoms with Crippen molar-refractivity contribution in [3.63, 3.8) is 0 Å². The summed E-state index contributed by atoms with van der Waals surface area (Å²) < 4.78 is 0. The van der Waals surface area contributed by atoms with Crippen LogP contribution in [0.2, 0.25) is 0 Å². The molecule has 0 aromatic heterocycles. The highest BCUT2D eigenvalue weighted by Crippen LogP contribution is 2.11. The fourth-order valence-corrected chi connectivity index (χ4v) is 1.16. The molecule has 0 radical (unpaired) electrons. The Bertz CT molecular complexity index is 205. The molecule has 0 aliphatic carbocycles. The third-order valence-corrected chi connectivity index (χ3v) is 2.08. The molecule has 13 heavy (non-hydrogen) atoms. The maximum Gasteiger partial charge on any atom is 0.227 e. The van der Waals surface area contributed by atoms with Gasteiger partial charge in [0.1, 0.15) is 0 Å². The van der Waals surface area contributed by atoms with Crippen LogP contribution in [0.15, 0.2) is 0 Å². The zero-order valence-electron chi connectivity index (χ0n) is 8.58. The van der Waals surface area contributed by atoms with Crippen molar-refractivity contribution in [3.05, 3.63) is 0 Å². The van der Waals surface area contributed by atoms with Gasteiger partial charge in [0.25, 0.3) is 0 Å². The molecule has 3 heteroatoms. The van der Waals surface area contributed by atoms with Crippen LogP contribution in [0.5, 0.6) is 0 Å². The molecule has 0 aromatic carbocycles. The second kappa shape index (κ2) is 5.60. The molecule has 0 heterocycles. The molecule has 0 bridgehead atoms. The lowest BCUT2D eigenvalue weighted by Crippen LogP contribution is -2.39. The van der Waals surface area contributed by atoms with E-state index in [2.05, 4.69) is 5.92 Å². The van der Waals surface area contributed by atoms with Crippen LogP contribution in [-0.4, -0.2) is 30.9 Å². The Balaban J connectivity index is 4.30. The Hall–Kier alpha value is -1.01. The van der Waals surface area contributed by atoms with E-state index in [9.17, 15) is 4.79 Å². The highest BCUT2D eigenvalue weighted by atomic mass is 16.2. The minimum absolute atomic E-state index is 0.0375. The van der Waals surface area contributed by atoms with E-state index < -0.39 is 0 Å². The summed E-state index contributed by atoms with van der Waals surface area (Å²) in [4.78, 5) is 13.2. The van der Waals surface area contributed by atoms with Gasteiger partial charge in [-0.15, -0.1) is 6.42 Å². The number of nitrogens with two attached hydrogens (primary N) is 1. The van der Waals surface area contributed by atoms with Crippen molar-refractivity contribution >= 4 is 5.91 Å². The van der Waals surface area contributed by atoms with Gasteiger partial charge in [-0.2, -0.15) is 0 Å². The fraction of sp³-hybridized carbons (Fsp3) is 0.700. The van der Waals surface area contributed by atoms with E-state index in [0.29, 0.717) is 13.1 Å². The summed E-state index contributed by atoms with van der Waals surface area (Å²) in [5, 5.41) is 0. The summed E-state index contributed by atoms with van der Waals surface area (Å²) in [5.41, 5.74) is 5.51. The largest absolute Gasteiger partial charge is 0.334 e. The number of hydrogen-bond donors (Lipinski definition) is 1. The van der Waals surface area contributed by atoms with Crippen molar-refractivity contribution in [2.45, 2.75) is 13.8 Å². The van der Waals surface area contributed by atoms with Gasteiger partial charge in [0.05, 0.1) is 12.5 Å². The normalized spacial score (nSPS) is 12.3. The van der Waals surface area contributed by atoms with Crippen LogP contribution in [-0.2, 0) is 4.79 Å². The van der Waals surface area contributed by atoms with Gasteiger partial charge in [-0.05, 0) is 5.92 Å². The van der Waals surface area contributed by atoms with Crippen molar-refractivity contribution < 1.29 is 4.79 Å². The minimum Gasteiger partial charge on any atom is -0.334 e. The maximum atomic E-state index is 11.7. The van der Waals surface area contributed by atoms with Crippen LogP contribution in [0.4, 0.5) is 0 Å². The van der Waals surface area contributed by atoms with E-state index in [1.165, 1.54) is 4.90 Å². The van der Waals surface area contributed by atoms with E-state index in [1.54, 1.807) is 7.05 Å². The van der Waals surface area contributed by atoms with Gasteiger partial charge in [0.15, 0.2) is 0 Å². The molecule has 3 nitrogen and oxygen atoms in total. The summed E-state index contributed by atoms with van der Waals surface area (Å²) in [6, 6.07) is 0. The van der Waals surface area contributed by atoms with Gasteiger partial charge < -0.3 is 10.6 Å². The molecule has 2 N–H and O–H groups in total. The lowest BCUT2D eigenvalue weighted by molar-refractivity contribution is -0.134. The molecule has 0 saturated carbocycles. The van der Waals surface area contributed by atoms with Crippen molar-refractivity contribution in [1.82, 2.24) is 4.90 Å². The van der Waals surface area contributed by atoms with Crippen LogP contribution in [0.1, 0.15) is 13.8 Å². The summed E-state index contributed by atoms with van der Waals surface area (Å²) in [7, 11) is 1.70. The number of hydrogen-bond acceptors (Lipinski definition) is 2. The highest BCUT2D eigenvalue weighted by molar-refractivity contribution is 5.79. The first kappa shape index (κ1) is 12.0. The van der Waals surface area contributed by atoms with E-state index in [0.717, 1.165) is 0 Å². The van der Waals surface area contributed by atoms with Crippen molar-refractivity contribution in [3.8, 4) is 12.3 Å². The smallest absolute Gasteiger partial charge is 0.227 e. The molecule has 0 aliphatic rings. The Morgan fingerprint density at radius 1 is 1.62 bits per heavy atom. The van der Waals surface area contributed by atoms with E-state index in [4.69, 9.17) is 12.2 Å². The maximum absolute atomic E-state index is 11.7. The predicted octanol–water partition coefficient (Wildman–Crippen LogP) is 0.309. The predicted molar refractivity (Wildman–Crippen MR) is 53.9 cm³/mol. The van der Waals surface area contributed by atoms with Gasteiger partial charge in [0, 0.05) is 13.6 Å². The second-order valence-corrected chi connectivity index (χ2v) is 3.48. The van der Waals surface area contributed by atoms with E-state index in [1.807, 2.05) is 13.8 Å². The number of terminal acetylenes is 1. The van der Waals surface area contributed by atoms with Gasteiger partial charge in [-0.25, -0.2) is 0 Å². The second-order valence-electron chi connectivity index (χ2n) is 3.48. The van der Waals surface area contributed by atoms with Crippen LogP contribution in [0.3, 0.4) is 0 Å². The molecule has 1 atom stereocenters.